The second-order valence-corrected chi connectivity index (χ2v) is 11.7. The number of halogens is 1. The molecule has 2 N–H and O–H groups in total. The van der Waals surface area contributed by atoms with E-state index < -0.39 is 22.0 Å². The van der Waals surface area contributed by atoms with Gasteiger partial charge in [0.15, 0.2) is 0 Å². The van der Waals surface area contributed by atoms with Gasteiger partial charge < -0.3 is 10.6 Å². The molecule has 4 amide bonds. The van der Waals surface area contributed by atoms with E-state index in [1.807, 2.05) is 0 Å². The molecule has 1 atom stereocenters. The van der Waals surface area contributed by atoms with Crippen molar-refractivity contribution in [3.63, 3.8) is 0 Å². The first kappa shape index (κ1) is 30.4. The predicted molar refractivity (Wildman–Crippen MR) is 171 cm³/mol. The van der Waals surface area contributed by atoms with Gasteiger partial charge in [0.1, 0.15) is 5.70 Å². The first-order valence-corrected chi connectivity index (χ1v) is 14.9. The Labute approximate surface area is 264 Å². The minimum Gasteiger partial charge on any atom is -0.321 e. The van der Waals surface area contributed by atoms with E-state index in [2.05, 4.69) is 26.6 Å². The van der Waals surface area contributed by atoms with E-state index in [1.54, 1.807) is 84.9 Å². The zero-order valence-corrected chi connectivity index (χ0v) is 25.2. The molecule has 0 radical (unpaired) electrons. The van der Waals surface area contributed by atoms with Crippen molar-refractivity contribution in [3.05, 3.63) is 135 Å². The average Bonchev–Trinajstić information content (AvgIpc) is 3.30. The minimum absolute atomic E-state index is 0.0545. The van der Waals surface area contributed by atoms with Gasteiger partial charge in [-0.05, 0) is 72.8 Å². The van der Waals surface area contributed by atoms with Crippen LogP contribution in [0.5, 0.6) is 0 Å². The van der Waals surface area contributed by atoms with Gasteiger partial charge in [-0.25, -0.2) is 4.90 Å². The molecule has 1 aliphatic rings. The van der Waals surface area contributed by atoms with Crippen molar-refractivity contribution in [2.45, 2.75) is 16.6 Å². The lowest BCUT2D eigenvalue weighted by Gasteiger charge is -2.15. The fourth-order valence-corrected chi connectivity index (χ4v) is 5.73. The summed E-state index contributed by atoms with van der Waals surface area (Å²) >= 11 is 4.59. The van der Waals surface area contributed by atoms with E-state index in [-0.39, 0.29) is 35.2 Å². The normalized spacial score (nSPS) is 14.8. The number of carbonyl (C=O) groups excluding carboxylic acids is 4. The maximum absolute atomic E-state index is 13.3. The zero-order valence-electron chi connectivity index (χ0n) is 22.8. The molecule has 220 valence electrons. The number of thioether (sulfide) groups is 1. The van der Waals surface area contributed by atoms with Gasteiger partial charge in [0, 0.05) is 33.1 Å². The van der Waals surface area contributed by atoms with Crippen LogP contribution in [0.2, 0.25) is 0 Å². The Hall–Kier alpha value is -5.07. The Kier molecular flexibility index (Phi) is 9.32. The Morgan fingerprint density at radius 1 is 0.909 bits per heavy atom. The standard InChI is InChI=1S/C32H23BrN4O6S/c33-22-10-14-24(15-11-22)36-29(38)19-28(32(36)41)44-25-16-12-23(13-17-25)34-31(40)26(35-30(39)20-6-2-1-3-7-20)18-21-8-4-5-9-27(21)37(42)43/h1-18,28H,19H2,(H,34,40)(H,35,39)/b26-18+. The number of hydrogen-bond donors (Lipinski definition) is 2. The molecule has 0 aliphatic carbocycles. The second-order valence-electron chi connectivity index (χ2n) is 9.53. The molecule has 1 aliphatic heterocycles. The Bertz CT molecular complexity index is 1780. The molecular formula is C32H23BrN4O6S. The highest BCUT2D eigenvalue weighted by Crippen LogP contribution is 2.35. The van der Waals surface area contributed by atoms with Crippen molar-refractivity contribution in [1.29, 1.82) is 0 Å². The van der Waals surface area contributed by atoms with Gasteiger partial charge in [0.05, 0.1) is 21.4 Å². The smallest absolute Gasteiger partial charge is 0.276 e. The summed E-state index contributed by atoms with van der Waals surface area (Å²) in [6.45, 7) is 0. The number of para-hydroxylation sites is 1. The molecule has 0 bridgehead atoms. The van der Waals surface area contributed by atoms with Gasteiger partial charge in [0.2, 0.25) is 11.8 Å². The summed E-state index contributed by atoms with van der Waals surface area (Å²) in [5.74, 6) is -1.85. The third-order valence-corrected chi connectivity index (χ3v) is 8.27. The van der Waals surface area contributed by atoms with Crippen LogP contribution < -0.4 is 15.5 Å². The van der Waals surface area contributed by atoms with Crippen molar-refractivity contribution >= 4 is 74.5 Å². The number of benzene rings is 4. The molecule has 0 spiro atoms. The summed E-state index contributed by atoms with van der Waals surface area (Å²) in [6.07, 6.45) is 1.30. The van der Waals surface area contributed by atoms with Crippen molar-refractivity contribution in [2.75, 3.05) is 10.2 Å². The summed E-state index contributed by atoms with van der Waals surface area (Å²) in [7, 11) is 0. The van der Waals surface area contributed by atoms with Crippen LogP contribution in [-0.2, 0) is 14.4 Å². The molecule has 44 heavy (non-hydrogen) atoms. The Morgan fingerprint density at radius 3 is 2.25 bits per heavy atom. The third kappa shape index (κ3) is 7.10. The van der Waals surface area contributed by atoms with Gasteiger partial charge in [-0.3, -0.25) is 29.3 Å². The highest BCUT2D eigenvalue weighted by molar-refractivity contribution is 9.10. The van der Waals surface area contributed by atoms with Crippen LogP contribution in [0, 0.1) is 10.1 Å². The van der Waals surface area contributed by atoms with Crippen molar-refractivity contribution in [3.8, 4) is 0 Å². The fourth-order valence-electron chi connectivity index (χ4n) is 4.41. The fraction of sp³-hybridized carbons (Fsp3) is 0.0625. The predicted octanol–water partition coefficient (Wildman–Crippen LogP) is 6.19. The largest absolute Gasteiger partial charge is 0.321 e. The summed E-state index contributed by atoms with van der Waals surface area (Å²) in [5.41, 5.74) is 0.895. The van der Waals surface area contributed by atoms with E-state index in [1.165, 1.54) is 40.9 Å². The van der Waals surface area contributed by atoms with Gasteiger partial charge >= 0.3 is 0 Å². The summed E-state index contributed by atoms with van der Waals surface area (Å²) in [5, 5.41) is 16.2. The Morgan fingerprint density at radius 2 is 1.57 bits per heavy atom. The molecule has 0 aromatic heterocycles. The van der Waals surface area contributed by atoms with E-state index >= 15 is 0 Å². The third-order valence-electron chi connectivity index (χ3n) is 6.54. The van der Waals surface area contributed by atoms with Gasteiger partial charge in [-0.2, -0.15) is 0 Å². The maximum atomic E-state index is 13.3. The van der Waals surface area contributed by atoms with Crippen LogP contribution in [0.1, 0.15) is 22.3 Å². The molecule has 0 saturated carbocycles. The molecule has 4 aromatic rings. The molecule has 10 nitrogen and oxygen atoms in total. The van der Waals surface area contributed by atoms with Crippen molar-refractivity contribution in [2.24, 2.45) is 0 Å². The van der Waals surface area contributed by atoms with Crippen molar-refractivity contribution < 1.29 is 24.1 Å². The van der Waals surface area contributed by atoms with E-state index in [0.29, 0.717) is 21.8 Å². The molecule has 5 rings (SSSR count). The second kappa shape index (κ2) is 13.5. The van der Waals surface area contributed by atoms with Crippen LogP contribution in [0.15, 0.2) is 118 Å². The first-order valence-electron chi connectivity index (χ1n) is 13.2. The maximum Gasteiger partial charge on any atom is 0.276 e. The molecule has 1 unspecified atom stereocenters. The number of nitrogens with one attached hydrogen (secondary N) is 2. The van der Waals surface area contributed by atoms with Gasteiger partial charge in [-0.1, -0.05) is 46.3 Å². The summed E-state index contributed by atoms with van der Waals surface area (Å²) in [4.78, 5) is 64.8. The average molecular weight is 672 g/mol. The number of carbonyl (C=O) groups is 4. The topological polar surface area (TPSA) is 139 Å². The lowest BCUT2D eigenvalue weighted by atomic mass is 10.1. The van der Waals surface area contributed by atoms with E-state index in [0.717, 1.165) is 4.47 Å². The molecule has 4 aromatic carbocycles. The SMILES string of the molecule is O=C(Nc1ccc(SC2CC(=O)N(c3ccc(Br)cc3)C2=O)cc1)/C(=C\c1ccccc1[N+](=O)[O-])NC(=O)c1ccccc1. The van der Waals surface area contributed by atoms with Crippen LogP contribution in [-0.4, -0.2) is 33.8 Å². The van der Waals surface area contributed by atoms with Gasteiger partial charge in [0.25, 0.3) is 17.5 Å². The van der Waals surface area contributed by atoms with Crippen molar-refractivity contribution in [1.82, 2.24) is 5.32 Å². The Balaban J connectivity index is 1.31. The minimum atomic E-state index is -0.699. The van der Waals surface area contributed by atoms with Gasteiger partial charge in [-0.15, -0.1) is 11.8 Å². The number of imide groups is 1. The number of nitrogens with zero attached hydrogens (tertiary/aromatic N) is 2. The van der Waals surface area contributed by atoms with Crippen LogP contribution in [0.25, 0.3) is 6.08 Å². The van der Waals surface area contributed by atoms with E-state index in [9.17, 15) is 29.3 Å². The molecular weight excluding hydrogens is 648 g/mol. The van der Waals surface area contributed by atoms with Crippen LogP contribution in [0.4, 0.5) is 17.1 Å². The summed E-state index contributed by atoms with van der Waals surface area (Å²) < 4.78 is 0.834. The van der Waals surface area contributed by atoms with Crippen LogP contribution >= 0.6 is 27.7 Å². The highest BCUT2D eigenvalue weighted by atomic mass is 79.9. The number of hydrogen-bond acceptors (Lipinski definition) is 7. The molecule has 1 saturated heterocycles. The quantitative estimate of drug-likeness (QED) is 0.0937. The number of nitro benzene ring substituents is 1. The summed E-state index contributed by atoms with van der Waals surface area (Å²) in [6, 6.07) is 27.7. The molecule has 1 fully saturated rings. The lowest BCUT2D eigenvalue weighted by molar-refractivity contribution is -0.385. The van der Waals surface area contributed by atoms with E-state index in [4.69, 9.17) is 0 Å². The lowest BCUT2D eigenvalue weighted by Crippen LogP contribution is -2.31. The number of nitro groups is 1. The number of amides is 4. The zero-order chi connectivity index (χ0) is 31.2. The number of anilines is 2. The first-order chi connectivity index (χ1) is 21.2. The highest BCUT2D eigenvalue weighted by Gasteiger charge is 2.40. The molecule has 12 heteroatoms. The molecule has 1 heterocycles. The van der Waals surface area contributed by atoms with Crippen LogP contribution in [0.3, 0.4) is 0 Å². The monoisotopic (exact) mass is 670 g/mol. The number of rotatable bonds is 9.